The van der Waals surface area contributed by atoms with Crippen LogP contribution in [-0.2, 0) is 5.41 Å². The van der Waals surface area contributed by atoms with E-state index in [9.17, 15) is 0 Å². The molecule has 0 radical (unpaired) electrons. The van der Waals surface area contributed by atoms with E-state index < -0.39 is 0 Å². The lowest BCUT2D eigenvalue weighted by atomic mass is 9.59. The van der Waals surface area contributed by atoms with Crippen molar-refractivity contribution in [2.24, 2.45) is 0 Å². The van der Waals surface area contributed by atoms with Crippen molar-refractivity contribution >= 4 is 161 Å². The number of hydrogen-bond donors (Lipinski definition) is 0. The third-order valence-corrected chi connectivity index (χ3v) is 15.1. The molecule has 0 amide bonds. The summed E-state index contributed by atoms with van der Waals surface area (Å²) >= 11 is 0. The van der Waals surface area contributed by atoms with Crippen LogP contribution in [-0.4, -0.2) is 62.8 Å². The minimum absolute atomic E-state index is 0.0437. The minimum atomic E-state index is -0.0437. The largest absolute Gasteiger partial charge is 0.456 e. The van der Waals surface area contributed by atoms with Gasteiger partial charge in [-0.2, -0.15) is 0 Å². The van der Waals surface area contributed by atoms with Gasteiger partial charge < -0.3 is 4.42 Å². The van der Waals surface area contributed by atoms with Crippen molar-refractivity contribution in [1.82, 2.24) is 0 Å². The van der Waals surface area contributed by atoms with Crippen molar-refractivity contribution < 1.29 is 4.42 Å². The van der Waals surface area contributed by atoms with Gasteiger partial charge in [-0.1, -0.05) is 127 Å². The summed E-state index contributed by atoms with van der Waals surface area (Å²) in [6, 6.07) is 45.4. The number of fused-ring (bicyclic) bond motifs is 9. The van der Waals surface area contributed by atoms with Crippen LogP contribution in [0.3, 0.4) is 0 Å². The maximum absolute atomic E-state index is 6.38. The topological polar surface area (TPSA) is 13.1 Å². The Morgan fingerprint density at radius 3 is 1.45 bits per heavy atom. The van der Waals surface area contributed by atoms with Gasteiger partial charge in [0.05, 0.1) is 0 Å². The normalized spacial score (nSPS) is 13.2. The quantitative estimate of drug-likeness (QED) is 0.189. The zero-order valence-electron chi connectivity index (χ0n) is 36.5. The standard InChI is InChI=1S/C51H42B8O/c1-51(2)33-10-6-5-9-29(33)30-21-28(15-17-34(30)51)38-41-39(43(52)47(56)49(58)45(41)54)37(40-42(38)46(55)50(59)48(57)44(40)53)24-13-11-23(12-14-24)27-16-18-35-31(20-27)32-19-25-7-3-4-8-26(25)22-36(32)60-35/h3-22H,52-59H2,1-2H3. The van der Waals surface area contributed by atoms with Crippen LogP contribution < -0.4 is 43.7 Å². The van der Waals surface area contributed by atoms with Crippen molar-refractivity contribution in [1.29, 1.82) is 0 Å². The molecule has 0 unspecified atom stereocenters. The Balaban J connectivity index is 1.18. The van der Waals surface area contributed by atoms with Crippen LogP contribution in [0.5, 0.6) is 0 Å². The number of rotatable bonds is 3. The van der Waals surface area contributed by atoms with Crippen LogP contribution in [0.25, 0.3) is 98.8 Å². The summed E-state index contributed by atoms with van der Waals surface area (Å²) in [6.07, 6.45) is 0. The molecule has 9 aromatic carbocycles. The number of furan rings is 1. The van der Waals surface area contributed by atoms with Gasteiger partial charge in [-0.15, -0.1) is 21.9 Å². The summed E-state index contributed by atoms with van der Waals surface area (Å²) < 4.78 is 6.38. The van der Waals surface area contributed by atoms with Crippen LogP contribution in [0.2, 0.25) is 0 Å². The molecule has 1 aliphatic carbocycles. The van der Waals surface area contributed by atoms with E-state index in [4.69, 9.17) is 4.42 Å². The van der Waals surface area contributed by atoms with E-state index in [1.54, 1.807) is 0 Å². The van der Waals surface area contributed by atoms with Crippen LogP contribution >= 0.6 is 0 Å². The SMILES string of the molecule is Bc1c(B)c(B)c2c(-c3ccc4c(c3)-c3ccccc3C4(C)C)c3c(B)c(B)c(B)c(B)c3c(-c3ccc(-c4ccc5oc6cc7ccccc7cc6c5c4)cc3)c2c1B. The maximum atomic E-state index is 6.38. The molecule has 0 spiro atoms. The van der Waals surface area contributed by atoms with E-state index in [2.05, 4.69) is 198 Å². The van der Waals surface area contributed by atoms with Gasteiger partial charge in [0.15, 0.2) is 0 Å². The molecule has 0 saturated heterocycles. The fourth-order valence-electron chi connectivity index (χ4n) is 11.0. The Labute approximate surface area is 359 Å². The first kappa shape index (κ1) is 37.1. The molecule has 1 nitrogen and oxygen atoms in total. The van der Waals surface area contributed by atoms with Gasteiger partial charge in [0.2, 0.25) is 0 Å². The van der Waals surface area contributed by atoms with Gasteiger partial charge in [-0.25, -0.2) is 0 Å². The average molecular weight is 757 g/mol. The summed E-state index contributed by atoms with van der Waals surface area (Å²) in [4.78, 5) is 0. The maximum Gasteiger partial charge on any atom is 0.139 e. The monoisotopic (exact) mass is 758 g/mol. The van der Waals surface area contributed by atoms with Crippen LogP contribution in [0.4, 0.5) is 0 Å². The van der Waals surface area contributed by atoms with Crippen molar-refractivity contribution in [2.75, 3.05) is 0 Å². The van der Waals surface area contributed by atoms with E-state index in [0.29, 0.717) is 0 Å². The lowest BCUT2D eigenvalue weighted by molar-refractivity contribution is 0.660. The van der Waals surface area contributed by atoms with E-state index >= 15 is 0 Å². The fourth-order valence-corrected chi connectivity index (χ4v) is 11.0. The molecule has 0 aliphatic heterocycles. The van der Waals surface area contributed by atoms with Crippen LogP contribution in [0.1, 0.15) is 25.0 Å². The molecule has 9 heteroatoms. The average Bonchev–Trinajstić information content (AvgIpc) is 3.74. The Hall–Kier alpha value is -5.92. The molecule has 1 aromatic heterocycles. The fraction of sp³-hybridized carbons (Fsp3) is 0.0588. The summed E-state index contributed by atoms with van der Waals surface area (Å²) in [5.74, 6) is 0. The van der Waals surface area contributed by atoms with Gasteiger partial charge in [0, 0.05) is 16.2 Å². The highest BCUT2D eigenvalue weighted by molar-refractivity contribution is 6.71. The van der Waals surface area contributed by atoms with Gasteiger partial charge in [-0.05, 0) is 118 Å². The molecule has 11 rings (SSSR count). The predicted octanol–water partition coefficient (Wildman–Crippen LogP) is 0.420. The molecule has 0 bridgehead atoms. The van der Waals surface area contributed by atoms with Crippen molar-refractivity contribution in [2.45, 2.75) is 19.3 Å². The second-order valence-corrected chi connectivity index (χ2v) is 18.3. The Bertz CT molecular complexity index is 3470. The second-order valence-electron chi connectivity index (χ2n) is 18.3. The highest BCUT2D eigenvalue weighted by Gasteiger charge is 2.35. The van der Waals surface area contributed by atoms with Gasteiger partial charge in [0.25, 0.3) is 0 Å². The third-order valence-electron chi connectivity index (χ3n) is 15.1. The molecular weight excluding hydrogens is 715 g/mol. The van der Waals surface area contributed by atoms with Crippen LogP contribution in [0, 0.1) is 0 Å². The highest BCUT2D eigenvalue weighted by atomic mass is 16.3. The summed E-state index contributed by atoms with van der Waals surface area (Å²) in [5.41, 5.74) is 26.0. The minimum Gasteiger partial charge on any atom is -0.456 e. The predicted molar refractivity (Wildman–Crippen MR) is 286 cm³/mol. The van der Waals surface area contributed by atoms with Crippen LogP contribution in [0.15, 0.2) is 126 Å². The van der Waals surface area contributed by atoms with Crippen molar-refractivity contribution in [3.63, 3.8) is 0 Å². The zero-order valence-corrected chi connectivity index (χ0v) is 36.5. The lowest BCUT2D eigenvalue weighted by Gasteiger charge is -2.28. The van der Waals surface area contributed by atoms with Crippen molar-refractivity contribution in [3.05, 3.63) is 132 Å². The number of hydrogen-bond acceptors (Lipinski definition) is 1. The Morgan fingerprint density at radius 2 is 0.833 bits per heavy atom. The smallest absolute Gasteiger partial charge is 0.139 e. The Morgan fingerprint density at radius 1 is 0.367 bits per heavy atom. The number of benzene rings is 9. The van der Waals surface area contributed by atoms with Crippen molar-refractivity contribution in [3.8, 4) is 44.5 Å². The van der Waals surface area contributed by atoms with E-state index in [-0.39, 0.29) is 5.41 Å². The molecule has 0 atom stereocenters. The molecule has 0 saturated carbocycles. The van der Waals surface area contributed by atoms with Gasteiger partial charge in [0.1, 0.15) is 73.9 Å². The third kappa shape index (κ3) is 5.05. The molecule has 276 valence electrons. The lowest BCUT2D eigenvalue weighted by Crippen LogP contribution is -2.50. The second kappa shape index (κ2) is 13.0. The van der Waals surface area contributed by atoms with Gasteiger partial charge >= 0.3 is 0 Å². The Kier molecular flexibility index (Phi) is 8.06. The summed E-state index contributed by atoms with van der Waals surface area (Å²) in [5, 5.41) is 10.2. The molecule has 0 fully saturated rings. The van der Waals surface area contributed by atoms with E-state index in [1.165, 1.54) is 132 Å². The van der Waals surface area contributed by atoms with Gasteiger partial charge in [-0.3, -0.25) is 0 Å². The highest BCUT2D eigenvalue weighted by Crippen LogP contribution is 2.51. The zero-order chi connectivity index (χ0) is 41.5. The molecule has 10 aromatic rings. The molecule has 60 heavy (non-hydrogen) atoms. The molecular formula is C51H42B8O. The first-order valence-electron chi connectivity index (χ1n) is 21.5. The first-order chi connectivity index (χ1) is 28.8. The first-order valence-corrected chi connectivity index (χ1v) is 21.5. The summed E-state index contributed by atoms with van der Waals surface area (Å²) in [6.45, 7) is 4.75. The van der Waals surface area contributed by atoms with E-state index in [1.807, 2.05) is 0 Å². The van der Waals surface area contributed by atoms with E-state index in [0.717, 1.165) is 21.9 Å². The molecule has 0 N–H and O–H groups in total. The summed E-state index contributed by atoms with van der Waals surface area (Å²) in [7, 11) is 18.7. The molecule has 1 aliphatic rings. The molecule has 1 heterocycles.